The average molecular weight is 499 g/mol. The SMILES string of the molecule is O=C(COC(=O)[C@H]1[C@H]2CC[C@@H](C2)[C@H]1C(=O)c1ccccc1)NNC(=O)c1ccc(Br)cc1. The van der Waals surface area contributed by atoms with Crippen molar-refractivity contribution in [2.45, 2.75) is 19.3 Å². The molecule has 2 aliphatic carbocycles. The average Bonchev–Trinajstić information content (AvgIpc) is 3.43. The van der Waals surface area contributed by atoms with Crippen LogP contribution < -0.4 is 10.9 Å². The number of amides is 2. The van der Waals surface area contributed by atoms with Gasteiger partial charge in [0.05, 0.1) is 5.92 Å². The Morgan fingerprint density at radius 1 is 0.844 bits per heavy atom. The number of hydrazine groups is 1. The zero-order valence-corrected chi connectivity index (χ0v) is 18.8. The highest BCUT2D eigenvalue weighted by molar-refractivity contribution is 9.10. The van der Waals surface area contributed by atoms with E-state index >= 15 is 0 Å². The molecule has 2 aromatic carbocycles. The normalized spacial score (nSPS) is 23.4. The van der Waals surface area contributed by atoms with Crippen LogP contribution in [-0.2, 0) is 14.3 Å². The molecule has 2 bridgehead atoms. The third-order valence-corrected chi connectivity index (χ3v) is 6.85. The number of ketones is 1. The molecule has 2 N–H and O–H groups in total. The number of hydrogen-bond acceptors (Lipinski definition) is 5. The van der Waals surface area contributed by atoms with E-state index in [4.69, 9.17) is 4.74 Å². The summed E-state index contributed by atoms with van der Waals surface area (Å²) in [5, 5.41) is 0. The number of hydrogen-bond donors (Lipinski definition) is 2. The van der Waals surface area contributed by atoms with Crippen molar-refractivity contribution >= 4 is 39.5 Å². The molecule has 0 spiro atoms. The van der Waals surface area contributed by atoms with Crippen molar-refractivity contribution in [3.8, 4) is 0 Å². The molecular weight excluding hydrogens is 476 g/mol. The van der Waals surface area contributed by atoms with E-state index in [1.165, 1.54) is 0 Å². The summed E-state index contributed by atoms with van der Waals surface area (Å²) in [6.45, 7) is -0.528. The Morgan fingerprint density at radius 3 is 2.19 bits per heavy atom. The van der Waals surface area contributed by atoms with Gasteiger partial charge in [-0.1, -0.05) is 46.3 Å². The molecule has 4 atom stereocenters. The van der Waals surface area contributed by atoms with Crippen molar-refractivity contribution in [2.24, 2.45) is 23.7 Å². The molecule has 0 saturated heterocycles. The Hall–Kier alpha value is -3.00. The van der Waals surface area contributed by atoms with Gasteiger partial charge < -0.3 is 4.74 Å². The van der Waals surface area contributed by atoms with Gasteiger partial charge in [0.15, 0.2) is 12.4 Å². The lowest BCUT2D eigenvalue weighted by Gasteiger charge is -2.28. The molecule has 2 amide bonds. The fraction of sp³-hybridized carbons (Fsp3) is 0.333. The maximum Gasteiger partial charge on any atom is 0.310 e. The molecule has 0 aliphatic heterocycles. The number of fused-ring (bicyclic) bond motifs is 2. The van der Waals surface area contributed by atoms with Crippen molar-refractivity contribution < 1.29 is 23.9 Å². The number of carbonyl (C=O) groups excluding carboxylic acids is 4. The summed E-state index contributed by atoms with van der Waals surface area (Å²) < 4.78 is 6.08. The highest BCUT2D eigenvalue weighted by atomic mass is 79.9. The second-order valence-corrected chi connectivity index (χ2v) is 9.15. The first-order valence-corrected chi connectivity index (χ1v) is 11.3. The van der Waals surface area contributed by atoms with E-state index in [1.807, 2.05) is 6.07 Å². The lowest BCUT2D eigenvalue weighted by Crippen LogP contribution is -2.44. The van der Waals surface area contributed by atoms with Gasteiger partial charge in [0.25, 0.3) is 11.8 Å². The number of carbonyl (C=O) groups is 4. The standard InChI is InChI=1S/C24H23BrN2O5/c25-18-10-8-15(9-11-18)23(30)27-26-19(28)13-32-24(31)21-17-7-6-16(12-17)20(21)22(29)14-4-2-1-3-5-14/h1-5,8-11,16-17,20-21H,6-7,12-13H2,(H,26,28)(H,27,30)/t16-,17-,20+,21-/m0/s1. The highest BCUT2D eigenvalue weighted by Gasteiger charge is 2.54. The van der Waals surface area contributed by atoms with E-state index < -0.39 is 36.2 Å². The number of ether oxygens (including phenoxy) is 1. The van der Waals surface area contributed by atoms with Crippen molar-refractivity contribution in [3.05, 3.63) is 70.2 Å². The molecule has 7 nitrogen and oxygen atoms in total. The van der Waals surface area contributed by atoms with Gasteiger partial charge in [-0.15, -0.1) is 0 Å². The zero-order chi connectivity index (χ0) is 22.7. The van der Waals surface area contributed by atoms with E-state index in [2.05, 4.69) is 26.8 Å². The number of halogens is 1. The van der Waals surface area contributed by atoms with Gasteiger partial charge in [-0.25, -0.2) is 0 Å². The van der Waals surface area contributed by atoms with E-state index in [1.54, 1.807) is 48.5 Å². The van der Waals surface area contributed by atoms with Crippen LogP contribution in [0.25, 0.3) is 0 Å². The van der Waals surface area contributed by atoms with Gasteiger partial charge in [0.1, 0.15) is 0 Å². The molecule has 8 heteroatoms. The van der Waals surface area contributed by atoms with Crippen LogP contribution in [0.3, 0.4) is 0 Å². The summed E-state index contributed by atoms with van der Waals surface area (Å²) in [7, 11) is 0. The summed E-state index contributed by atoms with van der Waals surface area (Å²) in [4.78, 5) is 50.0. The monoisotopic (exact) mass is 498 g/mol. The van der Waals surface area contributed by atoms with Gasteiger partial charge in [0.2, 0.25) is 0 Å². The van der Waals surface area contributed by atoms with Gasteiger partial charge in [0, 0.05) is 21.5 Å². The predicted molar refractivity (Wildman–Crippen MR) is 119 cm³/mol. The van der Waals surface area contributed by atoms with E-state index in [9.17, 15) is 19.2 Å². The first kappa shape index (κ1) is 22.2. The van der Waals surface area contributed by atoms with Gasteiger partial charge in [-0.3, -0.25) is 30.0 Å². The molecule has 2 saturated carbocycles. The molecule has 2 fully saturated rings. The van der Waals surface area contributed by atoms with Gasteiger partial charge >= 0.3 is 5.97 Å². The number of nitrogens with one attached hydrogen (secondary N) is 2. The Balaban J connectivity index is 1.31. The smallest absolute Gasteiger partial charge is 0.310 e. The minimum atomic E-state index is -0.655. The summed E-state index contributed by atoms with van der Waals surface area (Å²) in [5.41, 5.74) is 5.49. The largest absolute Gasteiger partial charge is 0.455 e. The van der Waals surface area contributed by atoms with Crippen molar-refractivity contribution in [1.29, 1.82) is 0 Å². The topological polar surface area (TPSA) is 102 Å². The second kappa shape index (κ2) is 9.65. The maximum atomic E-state index is 13.1. The second-order valence-electron chi connectivity index (χ2n) is 8.23. The summed E-state index contributed by atoms with van der Waals surface area (Å²) in [5.74, 6) is -2.38. The number of rotatable bonds is 6. The molecule has 2 aliphatic rings. The van der Waals surface area contributed by atoms with Gasteiger partial charge in [-0.05, 0) is 55.4 Å². The predicted octanol–water partition coefficient (Wildman–Crippen LogP) is 3.30. The third kappa shape index (κ3) is 4.75. The highest BCUT2D eigenvalue weighted by Crippen LogP contribution is 2.53. The lowest BCUT2D eigenvalue weighted by atomic mass is 9.75. The van der Waals surface area contributed by atoms with Crippen LogP contribution in [-0.4, -0.2) is 30.2 Å². The molecule has 2 aromatic rings. The Kier molecular flexibility index (Phi) is 6.69. The molecule has 0 unspecified atom stereocenters. The minimum Gasteiger partial charge on any atom is -0.455 e. The van der Waals surface area contributed by atoms with Crippen LogP contribution in [0.1, 0.15) is 40.0 Å². The van der Waals surface area contributed by atoms with Crippen LogP contribution in [0.5, 0.6) is 0 Å². The summed E-state index contributed by atoms with van der Waals surface area (Å²) >= 11 is 3.29. The number of benzene rings is 2. The van der Waals surface area contributed by atoms with Crippen LogP contribution in [0.4, 0.5) is 0 Å². The Labute approximate surface area is 194 Å². The van der Waals surface area contributed by atoms with Gasteiger partial charge in [-0.2, -0.15) is 0 Å². The van der Waals surface area contributed by atoms with Crippen molar-refractivity contribution in [3.63, 3.8) is 0 Å². The van der Waals surface area contributed by atoms with Crippen LogP contribution in [0.15, 0.2) is 59.1 Å². The first-order chi connectivity index (χ1) is 15.4. The third-order valence-electron chi connectivity index (χ3n) is 6.32. The molecule has 4 rings (SSSR count). The molecule has 0 radical (unpaired) electrons. The molecule has 32 heavy (non-hydrogen) atoms. The van der Waals surface area contributed by atoms with E-state index in [0.717, 1.165) is 23.7 Å². The first-order valence-electron chi connectivity index (χ1n) is 10.5. The van der Waals surface area contributed by atoms with E-state index in [-0.39, 0.29) is 17.6 Å². The van der Waals surface area contributed by atoms with E-state index in [0.29, 0.717) is 11.1 Å². The van der Waals surface area contributed by atoms with Crippen molar-refractivity contribution in [1.82, 2.24) is 10.9 Å². The fourth-order valence-corrected chi connectivity index (χ4v) is 5.14. The number of esters is 1. The number of Topliss-reactive ketones (excluding diaryl/α,β-unsaturated/α-hetero) is 1. The molecule has 0 heterocycles. The zero-order valence-electron chi connectivity index (χ0n) is 17.3. The van der Waals surface area contributed by atoms with Crippen LogP contribution >= 0.6 is 15.9 Å². The minimum absolute atomic E-state index is 0.0361. The molecule has 166 valence electrons. The molecule has 0 aromatic heterocycles. The lowest BCUT2D eigenvalue weighted by molar-refractivity contribution is -0.155. The quantitative estimate of drug-likeness (QED) is 0.361. The van der Waals surface area contributed by atoms with Crippen molar-refractivity contribution in [2.75, 3.05) is 6.61 Å². The van der Waals surface area contributed by atoms with Crippen LogP contribution in [0, 0.1) is 23.7 Å². The summed E-state index contributed by atoms with van der Waals surface area (Å²) in [6.07, 6.45) is 2.65. The fourth-order valence-electron chi connectivity index (χ4n) is 4.87. The maximum absolute atomic E-state index is 13.1. The Morgan fingerprint density at radius 2 is 1.50 bits per heavy atom. The summed E-state index contributed by atoms with van der Waals surface area (Å²) in [6, 6.07) is 15.6. The van der Waals surface area contributed by atoms with Crippen LogP contribution in [0.2, 0.25) is 0 Å². The molecular formula is C24H23BrN2O5. The Bertz CT molecular complexity index is 1020.